The predicted octanol–water partition coefficient (Wildman–Crippen LogP) is 3.61. The molecule has 0 spiro atoms. The lowest BCUT2D eigenvalue weighted by molar-refractivity contribution is 0.0998. The van der Waals surface area contributed by atoms with Gasteiger partial charge in [-0.15, -0.1) is 0 Å². The van der Waals surface area contributed by atoms with Crippen molar-refractivity contribution >= 4 is 5.65 Å². The minimum atomic E-state index is 0.0689. The summed E-state index contributed by atoms with van der Waals surface area (Å²) < 4.78 is 7.27. The molecule has 6 nitrogen and oxygen atoms in total. The molecule has 4 aromatic rings. The topological polar surface area (TPSA) is 55.5 Å². The maximum Gasteiger partial charge on any atom is 0.162 e. The van der Waals surface area contributed by atoms with Crippen LogP contribution < -0.4 is 0 Å². The number of methoxy groups -OCH3 is 1. The number of hydrogen-bond donors (Lipinski definition) is 0. The normalized spacial score (nSPS) is 12.5. The first kappa shape index (κ1) is 18.3. The number of hydrogen-bond acceptors (Lipinski definition) is 5. The van der Waals surface area contributed by atoms with Gasteiger partial charge in [0.05, 0.1) is 24.5 Å². The van der Waals surface area contributed by atoms with Gasteiger partial charge in [-0.25, -0.2) is 9.50 Å². The average molecular weight is 373 g/mol. The minimum Gasteiger partial charge on any atom is -0.383 e. The van der Waals surface area contributed by atoms with E-state index in [1.54, 1.807) is 7.11 Å². The summed E-state index contributed by atoms with van der Waals surface area (Å²) in [6.45, 7) is 1.29. The summed E-state index contributed by atoms with van der Waals surface area (Å²) in [6, 6.07) is 16.2. The van der Waals surface area contributed by atoms with Gasteiger partial charge in [0.1, 0.15) is 0 Å². The molecule has 28 heavy (non-hydrogen) atoms. The van der Waals surface area contributed by atoms with E-state index in [2.05, 4.69) is 39.1 Å². The Morgan fingerprint density at radius 1 is 1.04 bits per heavy atom. The highest BCUT2D eigenvalue weighted by atomic mass is 16.5. The van der Waals surface area contributed by atoms with Crippen LogP contribution in [0, 0.1) is 0 Å². The SMILES string of the molecule is COCC(c1ccccn1)N(C)Cc1cnc2c(-c3ccccc3)cnn2c1. The van der Waals surface area contributed by atoms with Crippen LogP contribution in [0.3, 0.4) is 0 Å². The number of aromatic nitrogens is 4. The molecule has 3 heterocycles. The molecule has 0 radical (unpaired) electrons. The predicted molar refractivity (Wildman–Crippen MR) is 109 cm³/mol. The molecular formula is C22H23N5O. The van der Waals surface area contributed by atoms with Crippen molar-refractivity contribution in [3.63, 3.8) is 0 Å². The van der Waals surface area contributed by atoms with Crippen LogP contribution in [0.1, 0.15) is 17.3 Å². The smallest absolute Gasteiger partial charge is 0.162 e. The van der Waals surface area contributed by atoms with Crippen LogP contribution in [-0.2, 0) is 11.3 Å². The van der Waals surface area contributed by atoms with E-state index >= 15 is 0 Å². The molecule has 0 N–H and O–H groups in total. The lowest BCUT2D eigenvalue weighted by Crippen LogP contribution is -2.28. The number of fused-ring (bicyclic) bond motifs is 1. The quantitative estimate of drug-likeness (QED) is 0.495. The number of pyridine rings is 1. The molecule has 0 saturated carbocycles. The molecule has 1 atom stereocenters. The van der Waals surface area contributed by atoms with Gasteiger partial charge in [-0.3, -0.25) is 9.88 Å². The molecule has 0 fully saturated rings. The molecule has 0 amide bonds. The van der Waals surface area contributed by atoms with Crippen LogP contribution in [0.5, 0.6) is 0 Å². The van der Waals surface area contributed by atoms with Crippen molar-refractivity contribution in [3.05, 3.63) is 84.6 Å². The van der Waals surface area contributed by atoms with Gasteiger partial charge in [0.25, 0.3) is 0 Å². The van der Waals surface area contributed by atoms with Gasteiger partial charge in [0, 0.05) is 43.4 Å². The highest BCUT2D eigenvalue weighted by Gasteiger charge is 2.19. The molecule has 0 bridgehead atoms. The molecule has 0 aliphatic carbocycles. The Labute approximate surface area is 164 Å². The van der Waals surface area contributed by atoms with Gasteiger partial charge in [0.15, 0.2) is 5.65 Å². The summed E-state index contributed by atoms with van der Waals surface area (Å²) in [5, 5.41) is 4.50. The third kappa shape index (κ3) is 3.78. The van der Waals surface area contributed by atoms with Crippen LogP contribution in [-0.4, -0.2) is 45.2 Å². The number of ether oxygens (including phenoxy) is 1. The molecule has 0 aliphatic heterocycles. The van der Waals surface area contributed by atoms with E-state index in [9.17, 15) is 0 Å². The largest absolute Gasteiger partial charge is 0.383 e. The Balaban J connectivity index is 1.57. The maximum absolute atomic E-state index is 5.42. The van der Waals surface area contributed by atoms with Gasteiger partial charge < -0.3 is 4.74 Å². The van der Waals surface area contributed by atoms with Crippen molar-refractivity contribution in [2.45, 2.75) is 12.6 Å². The van der Waals surface area contributed by atoms with Crippen molar-refractivity contribution in [1.82, 2.24) is 24.5 Å². The fraction of sp³-hybridized carbons (Fsp3) is 0.227. The third-order valence-electron chi connectivity index (χ3n) is 4.81. The van der Waals surface area contributed by atoms with Crippen molar-refractivity contribution in [2.24, 2.45) is 0 Å². The third-order valence-corrected chi connectivity index (χ3v) is 4.81. The van der Waals surface area contributed by atoms with E-state index in [1.807, 2.05) is 65.7 Å². The highest BCUT2D eigenvalue weighted by molar-refractivity contribution is 5.76. The molecule has 1 unspecified atom stereocenters. The molecule has 0 saturated heterocycles. The lowest BCUT2D eigenvalue weighted by Gasteiger charge is -2.27. The lowest BCUT2D eigenvalue weighted by atomic mass is 10.1. The fourth-order valence-corrected chi connectivity index (χ4v) is 3.38. The molecular weight excluding hydrogens is 350 g/mol. The first-order valence-electron chi connectivity index (χ1n) is 9.24. The standard InChI is InChI=1S/C22H23N5O/c1-26(21(16-28-2)20-10-6-7-11-23-20)14-17-12-24-22-19(13-25-27(22)15-17)18-8-4-3-5-9-18/h3-13,15,21H,14,16H2,1-2H3. The monoisotopic (exact) mass is 373 g/mol. The Morgan fingerprint density at radius 3 is 2.61 bits per heavy atom. The minimum absolute atomic E-state index is 0.0689. The van der Waals surface area contributed by atoms with Crippen molar-refractivity contribution < 1.29 is 4.74 Å². The van der Waals surface area contributed by atoms with Gasteiger partial charge in [-0.05, 0) is 24.7 Å². The maximum atomic E-state index is 5.42. The molecule has 4 rings (SSSR count). The molecule has 3 aromatic heterocycles. The van der Waals surface area contributed by atoms with E-state index in [-0.39, 0.29) is 6.04 Å². The zero-order valence-electron chi connectivity index (χ0n) is 16.1. The van der Waals surface area contributed by atoms with E-state index in [1.165, 1.54) is 0 Å². The zero-order chi connectivity index (χ0) is 19.3. The van der Waals surface area contributed by atoms with Crippen LogP contribution in [0.2, 0.25) is 0 Å². The summed E-state index contributed by atoms with van der Waals surface area (Å²) in [5.41, 5.74) is 5.08. The van der Waals surface area contributed by atoms with E-state index in [4.69, 9.17) is 4.74 Å². The summed E-state index contributed by atoms with van der Waals surface area (Å²) in [7, 11) is 3.79. The van der Waals surface area contributed by atoms with E-state index < -0.39 is 0 Å². The van der Waals surface area contributed by atoms with Crippen molar-refractivity contribution in [2.75, 3.05) is 20.8 Å². The van der Waals surface area contributed by atoms with Crippen LogP contribution in [0.4, 0.5) is 0 Å². The van der Waals surface area contributed by atoms with E-state index in [0.29, 0.717) is 13.2 Å². The van der Waals surface area contributed by atoms with E-state index in [0.717, 1.165) is 28.0 Å². The second-order valence-corrected chi connectivity index (χ2v) is 6.80. The summed E-state index contributed by atoms with van der Waals surface area (Å²) in [4.78, 5) is 11.4. The summed E-state index contributed by atoms with van der Waals surface area (Å²) >= 11 is 0. The van der Waals surface area contributed by atoms with Crippen molar-refractivity contribution in [3.8, 4) is 11.1 Å². The van der Waals surface area contributed by atoms with Gasteiger partial charge >= 0.3 is 0 Å². The number of rotatable bonds is 7. The Hall–Kier alpha value is -3.09. The summed E-state index contributed by atoms with van der Waals surface area (Å²) in [6.07, 6.45) is 7.64. The average Bonchev–Trinajstić information content (AvgIpc) is 3.16. The van der Waals surface area contributed by atoms with Gasteiger partial charge in [-0.2, -0.15) is 5.10 Å². The number of benzene rings is 1. The Kier molecular flexibility index (Phi) is 5.41. The molecule has 142 valence electrons. The second-order valence-electron chi connectivity index (χ2n) is 6.80. The molecule has 0 aliphatic rings. The summed E-state index contributed by atoms with van der Waals surface area (Å²) in [5.74, 6) is 0. The first-order chi connectivity index (χ1) is 13.8. The van der Waals surface area contributed by atoms with Gasteiger partial charge in [0.2, 0.25) is 0 Å². The second kappa shape index (κ2) is 8.29. The van der Waals surface area contributed by atoms with Crippen LogP contribution in [0.25, 0.3) is 16.8 Å². The number of nitrogens with zero attached hydrogens (tertiary/aromatic N) is 5. The highest BCUT2D eigenvalue weighted by Crippen LogP contribution is 2.24. The molecule has 6 heteroatoms. The van der Waals surface area contributed by atoms with Gasteiger partial charge in [-0.1, -0.05) is 36.4 Å². The first-order valence-corrected chi connectivity index (χ1v) is 9.24. The number of likely N-dealkylation sites (N-methyl/N-ethyl adjacent to an activating group) is 1. The Bertz CT molecular complexity index is 1030. The molecule has 1 aromatic carbocycles. The van der Waals surface area contributed by atoms with Crippen LogP contribution in [0.15, 0.2) is 73.3 Å². The Morgan fingerprint density at radius 2 is 1.86 bits per heavy atom. The van der Waals surface area contributed by atoms with Crippen LogP contribution >= 0.6 is 0 Å². The fourth-order valence-electron chi connectivity index (χ4n) is 3.38. The van der Waals surface area contributed by atoms with Crippen molar-refractivity contribution in [1.29, 1.82) is 0 Å². The zero-order valence-corrected chi connectivity index (χ0v) is 16.1.